The topological polar surface area (TPSA) is 63.7 Å². The first kappa shape index (κ1) is 17.0. The largest absolute Gasteiger partial charge is 0.497 e. The molecular weight excluding hydrogens is 325 g/mol. The summed E-state index contributed by atoms with van der Waals surface area (Å²) in [5.41, 5.74) is 0.716. The zero-order valence-corrected chi connectivity index (χ0v) is 13.9. The number of pyridine rings is 1. The number of methoxy groups -OCH3 is 1. The number of ether oxygens (including phenoxy) is 2. The summed E-state index contributed by atoms with van der Waals surface area (Å²) >= 11 is 0. The van der Waals surface area contributed by atoms with Crippen LogP contribution in [0.15, 0.2) is 42.5 Å². The second kappa shape index (κ2) is 7.83. The molecule has 1 N–H and O–H groups in total. The van der Waals surface area contributed by atoms with Crippen LogP contribution in [0, 0.1) is 5.95 Å². The minimum Gasteiger partial charge on any atom is -0.497 e. The maximum Gasteiger partial charge on any atom is 0.321 e. The van der Waals surface area contributed by atoms with E-state index in [1.165, 1.54) is 6.07 Å². The number of aromatic nitrogens is 1. The van der Waals surface area contributed by atoms with Crippen LogP contribution in [0.5, 0.6) is 11.6 Å². The van der Waals surface area contributed by atoms with Gasteiger partial charge in [-0.2, -0.15) is 9.37 Å². The van der Waals surface area contributed by atoms with Gasteiger partial charge in [0.1, 0.15) is 11.9 Å². The van der Waals surface area contributed by atoms with Gasteiger partial charge in [-0.3, -0.25) is 0 Å². The van der Waals surface area contributed by atoms with Crippen LogP contribution in [0.4, 0.5) is 14.9 Å². The molecule has 1 fully saturated rings. The van der Waals surface area contributed by atoms with Crippen LogP contribution in [0.2, 0.25) is 0 Å². The molecule has 6 nitrogen and oxygen atoms in total. The minimum atomic E-state index is -0.561. The third kappa shape index (κ3) is 4.59. The number of nitrogens with zero attached hydrogens (tertiary/aromatic N) is 2. The molecule has 1 aromatic carbocycles. The lowest BCUT2D eigenvalue weighted by Gasteiger charge is -2.31. The highest BCUT2D eigenvalue weighted by atomic mass is 19.1. The van der Waals surface area contributed by atoms with Gasteiger partial charge in [0, 0.05) is 37.7 Å². The number of amides is 2. The van der Waals surface area contributed by atoms with Crippen molar-refractivity contribution in [2.75, 3.05) is 25.5 Å². The first-order chi connectivity index (χ1) is 12.1. The molecule has 0 spiro atoms. The number of piperidine rings is 1. The number of anilines is 1. The second-order valence-electron chi connectivity index (χ2n) is 5.76. The van der Waals surface area contributed by atoms with Crippen molar-refractivity contribution in [1.82, 2.24) is 9.88 Å². The molecule has 0 radical (unpaired) electrons. The lowest BCUT2D eigenvalue weighted by atomic mass is 10.1. The Morgan fingerprint density at radius 1 is 1.20 bits per heavy atom. The Hall–Kier alpha value is -2.83. The van der Waals surface area contributed by atoms with Gasteiger partial charge in [0.2, 0.25) is 11.8 Å². The summed E-state index contributed by atoms with van der Waals surface area (Å²) < 4.78 is 23.9. The van der Waals surface area contributed by atoms with Crippen LogP contribution < -0.4 is 14.8 Å². The molecule has 2 aromatic rings. The summed E-state index contributed by atoms with van der Waals surface area (Å²) in [7, 11) is 1.60. The number of carbonyl (C=O) groups is 1. The van der Waals surface area contributed by atoms with Gasteiger partial charge in [-0.15, -0.1) is 0 Å². The van der Waals surface area contributed by atoms with Crippen molar-refractivity contribution in [2.24, 2.45) is 0 Å². The van der Waals surface area contributed by atoms with E-state index in [-0.39, 0.29) is 18.0 Å². The Labute approximate surface area is 145 Å². The van der Waals surface area contributed by atoms with Gasteiger partial charge in [-0.05, 0) is 30.3 Å². The lowest BCUT2D eigenvalue weighted by molar-refractivity contribution is 0.111. The van der Waals surface area contributed by atoms with Crippen LogP contribution >= 0.6 is 0 Å². The summed E-state index contributed by atoms with van der Waals surface area (Å²) in [6, 6.07) is 11.5. The Morgan fingerprint density at radius 2 is 1.92 bits per heavy atom. The minimum absolute atomic E-state index is 0.0701. The van der Waals surface area contributed by atoms with E-state index in [1.807, 2.05) is 0 Å². The molecule has 7 heteroatoms. The number of benzene rings is 1. The monoisotopic (exact) mass is 345 g/mol. The molecule has 1 saturated heterocycles. The molecule has 1 aromatic heterocycles. The van der Waals surface area contributed by atoms with E-state index >= 15 is 0 Å². The number of carbonyl (C=O) groups excluding carboxylic acids is 1. The van der Waals surface area contributed by atoms with Gasteiger partial charge < -0.3 is 19.7 Å². The number of rotatable bonds is 4. The summed E-state index contributed by atoms with van der Waals surface area (Å²) in [5, 5.41) is 2.86. The van der Waals surface area contributed by atoms with Gasteiger partial charge in [-0.25, -0.2) is 4.79 Å². The maximum absolute atomic E-state index is 13.1. The van der Waals surface area contributed by atoms with Gasteiger partial charge in [-0.1, -0.05) is 6.07 Å². The van der Waals surface area contributed by atoms with E-state index < -0.39 is 5.95 Å². The van der Waals surface area contributed by atoms with Crippen molar-refractivity contribution < 1.29 is 18.7 Å². The van der Waals surface area contributed by atoms with Gasteiger partial charge in [0.25, 0.3) is 0 Å². The van der Waals surface area contributed by atoms with E-state index in [2.05, 4.69) is 10.3 Å². The average Bonchev–Trinajstić information content (AvgIpc) is 2.63. The second-order valence-corrected chi connectivity index (χ2v) is 5.76. The number of urea groups is 1. The number of nitrogens with one attached hydrogen (secondary N) is 1. The fourth-order valence-corrected chi connectivity index (χ4v) is 2.68. The number of hydrogen-bond donors (Lipinski definition) is 1. The summed E-state index contributed by atoms with van der Waals surface area (Å²) in [5.74, 6) is 0.455. The molecule has 1 aliphatic rings. The number of hydrogen-bond acceptors (Lipinski definition) is 4. The third-order valence-electron chi connectivity index (χ3n) is 4.05. The van der Waals surface area contributed by atoms with E-state index in [9.17, 15) is 9.18 Å². The van der Waals surface area contributed by atoms with Crippen LogP contribution in [-0.2, 0) is 0 Å². The van der Waals surface area contributed by atoms with Crippen LogP contribution in [0.3, 0.4) is 0 Å². The van der Waals surface area contributed by atoms with Crippen LogP contribution in [-0.4, -0.2) is 42.2 Å². The molecule has 2 amide bonds. The fourth-order valence-electron chi connectivity index (χ4n) is 2.68. The molecule has 0 bridgehead atoms. The third-order valence-corrected chi connectivity index (χ3v) is 4.05. The summed E-state index contributed by atoms with van der Waals surface area (Å²) in [6.45, 7) is 1.14. The first-order valence-electron chi connectivity index (χ1n) is 8.13. The Balaban J connectivity index is 1.48. The summed E-state index contributed by atoms with van der Waals surface area (Å²) in [4.78, 5) is 17.8. The fraction of sp³-hybridized carbons (Fsp3) is 0.333. The van der Waals surface area contributed by atoms with Crippen molar-refractivity contribution in [2.45, 2.75) is 18.9 Å². The predicted octanol–water partition coefficient (Wildman–Crippen LogP) is 3.30. The molecule has 1 aliphatic heterocycles. The van der Waals surface area contributed by atoms with E-state index in [0.29, 0.717) is 31.6 Å². The molecule has 3 rings (SSSR count). The molecule has 0 aliphatic carbocycles. The molecule has 132 valence electrons. The van der Waals surface area contributed by atoms with Gasteiger partial charge in [0.15, 0.2) is 0 Å². The smallest absolute Gasteiger partial charge is 0.321 e. The Morgan fingerprint density at radius 3 is 2.56 bits per heavy atom. The average molecular weight is 345 g/mol. The van der Waals surface area contributed by atoms with Crippen molar-refractivity contribution in [3.05, 3.63) is 48.4 Å². The highest BCUT2D eigenvalue weighted by Gasteiger charge is 2.24. The van der Waals surface area contributed by atoms with Gasteiger partial charge >= 0.3 is 6.03 Å². The molecular formula is C18H20FN3O3. The highest BCUT2D eigenvalue weighted by molar-refractivity contribution is 5.89. The maximum atomic E-state index is 13.1. The normalized spacial score (nSPS) is 14.9. The number of likely N-dealkylation sites (tertiary alicyclic amines) is 1. The van der Waals surface area contributed by atoms with Crippen molar-refractivity contribution in [3.63, 3.8) is 0 Å². The van der Waals surface area contributed by atoms with E-state index in [0.717, 1.165) is 5.75 Å². The Bertz CT molecular complexity index is 716. The van der Waals surface area contributed by atoms with Crippen molar-refractivity contribution in [3.8, 4) is 11.6 Å². The van der Waals surface area contributed by atoms with Crippen molar-refractivity contribution >= 4 is 11.7 Å². The molecule has 0 saturated carbocycles. The van der Waals surface area contributed by atoms with Crippen LogP contribution in [0.25, 0.3) is 0 Å². The standard InChI is InChI=1S/C18H20FN3O3/c1-24-14-7-5-13(6-8-14)20-18(23)22-11-9-15(10-12-22)25-17-4-2-3-16(19)21-17/h2-8,15H,9-12H2,1H3,(H,20,23). The molecule has 2 heterocycles. The first-order valence-corrected chi connectivity index (χ1v) is 8.13. The number of halogens is 1. The SMILES string of the molecule is COc1ccc(NC(=O)N2CCC(Oc3cccc(F)n3)CC2)cc1. The molecule has 0 unspecified atom stereocenters. The van der Waals surface area contributed by atoms with E-state index in [4.69, 9.17) is 9.47 Å². The van der Waals surface area contributed by atoms with Crippen molar-refractivity contribution in [1.29, 1.82) is 0 Å². The quantitative estimate of drug-likeness (QED) is 0.864. The Kier molecular flexibility index (Phi) is 5.33. The summed E-state index contributed by atoms with van der Waals surface area (Å²) in [6.07, 6.45) is 1.28. The van der Waals surface area contributed by atoms with E-state index in [1.54, 1.807) is 48.4 Å². The zero-order chi connectivity index (χ0) is 17.6. The lowest BCUT2D eigenvalue weighted by Crippen LogP contribution is -2.43. The predicted molar refractivity (Wildman–Crippen MR) is 91.4 cm³/mol. The van der Waals surface area contributed by atoms with Crippen LogP contribution in [0.1, 0.15) is 12.8 Å². The zero-order valence-electron chi connectivity index (χ0n) is 13.9. The highest BCUT2D eigenvalue weighted by Crippen LogP contribution is 2.19. The van der Waals surface area contributed by atoms with Gasteiger partial charge in [0.05, 0.1) is 7.11 Å². The molecule has 25 heavy (non-hydrogen) atoms. The molecule has 0 atom stereocenters.